The number of hydrogen-bond donors (Lipinski definition) is 2. The summed E-state index contributed by atoms with van der Waals surface area (Å²) in [7, 11) is 1.77. The van der Waals surface area contributed by atoms with Crippen molar-refractivity contribution in [1.29, 1.82) is 0 Å². The number of aryl methyl sites for hydroxylation is 2. The minimum atomic E-state index is -0.275. The second-order valence-corrected chi connectivity index (χ2v) is 4.55. The first-order valence-electron chi connectivity index (χ1n) is 6.15. The van der Waals surface area contributed by atoms with E-state index in [1.807, 2.05) is 6.92 Å². The summed E-state index contributed by atoms with van der Waals surface area (Å²) in [6.45, 7) is 3.26. The molecule has 0 bridgehead atoms. The number of nitrogens with one attached hydrogen (secondary N) is 2. The van der Waals surface area contributed by atoms with Gasteiger partial charge in [0, 0.05) is 37.1 Å². The fourth-order valence-corrected chi connectivity index (χ4v) is 1.90. The molecule has 0 spiro atoms. The first-order valence-corrected chi connectivity index (χ1v) is 6.15. The largest absolute Gasteiger partial charge is 0.326 e. The molecule has 0 radical (unpaired) electrons. The predicted molar refractivity (Wildman–Crippen MR) is 76.6 cm³/mol. The number of aromatic nitrogens is 2. The van der Waals surface area contributed by atoms with E-state index in [9.17, 15) is 9.59 Å². The molecule has 104 valence electrons. The van der Waals surface area contributed by atoms with Gasteiger partial charge in [0.1, 0.15) is 0 Å². The van der Waals surface area contributed by atoms with E-state index in [1.165, 1.54) is 6.92 Å². The third-order valence-electron chi connectivity index (χ3n) is 2.67. The van der Waals surface area contributed by atoms with Crippen LogP contribution < -0.4 is 10.6 Å². The summed E-state index contributed by atoms with van der Waals surface area (Å²) in [4.78, 5) is 23.1. The van der Waals surface area contributed by atoms with Gasteiger partial charge in [-0.1, -0.05) is 6.07 Å². The molecule has 0 unspecified atom stereocenters. The van der Waals surface area contributed by atoms with Gasteiger partial charge in [0.25, 0.3) is 5.91 Å². The maximum atomic E-state index is 12.1. The van der Waals surface area contributed by atoms with Crippen LogP contribution in [0.3, 0.4) is 0 Å². The van der Waals surface area contributed by atoms with Gasteiger partial charge in [0.05, 0.1) is 0 Å². The molecule has 0 aliphatic carbocycles. The Labute approximate surface area is 116 Å². The smallest absolute Gasteiger partial charge is 0.276 e. The van der Waals surface area contributed by atoms with E-state index < -0.39 is 0 Å². The Balaban J connectivity index is 2.15. The molecular weight excluding hydrogens is 256 g/mol. The Bertz CT molecular complexity index is 661. The first-order chi connectivity index (χ1) is 9.45. The maximum Gasteiger partial charge on any atom is 0.276 e. The normalized spacial score (nSPS) is 10.2. The van der Waals surface area contributed by atoms with Crippen molar-refractivity contribution in [1.82, 2.24) is 9.78 Å². The van der Waals surface area contributed by atoms with Crippen molar-refractivity contribution in [2.75, 3.05) is 10.6 Å². The highest BCUT2D eigenvalue weighted by molar-refractivity contribution is 6.04. The number of rotatable bonds is 3. The topological polar surface area (TPSA) is 76.0 Å². The molecule has 1 heterocycles. The van der Waals surface area contributed by atoms with Crippen molar-refractivity contribution in [3.8, 4) is 0 Å². The number of amides is 2. The summed E-state index contributed by atoms with van der Waals surface area (Å²) in [5.41, 5.74) is 2.43. The Hall–Kier alpha value is -2.63. The highest BCUT2D eigenvalue weighted by atomic mass is 16.2. The van der Waals surface area contributed by atoms with Crippen molar-refractivity contribution in [3.05, 3.63) is 41.7 Å². The summed E-state index contributed by atoms with van der Waals surface area (Å²) in [6, 6.07) is 6.95. The van der Waals surface area contributed by atoms with Gasteiger partial charge in [-0.15, -0.1) is 0 Å². The lowest BCUT2D eigenvalue weighted by Crippen LogP contribution is -2.14. The summed E-state index contributed by atoms with van der Waals surface area (Å²) in [6.07, 6.45) is 1.78. The lowest BCUT2D eigenvalue weighted by Gasteiger charge is -2.07. The Morgan fingerprint density at radius 3 is 2.40 bits per heavy atom. The summed E-state index contributed by atoms with van der Waals surface area (Å²) in [5.74, 6) is -0.433. The van der Waals surface area contributed by atoms with Crippen LogP contribution >= 0.6 is 0 Å². The van der Waals surface area contributed by atoms with E-state index in [0.717, 1.165) is 5.56 Å². The van der Waals surface area contributed by atoms with Crippen LogP contribution in [0.1, 0.15) is 23.0 Å². The first kappa shape index (κ1) is 13.8. The minimum absolute atomic E-state index is 0.158. The molecule has 2 rings (SSSR count). The highest BCUT2D eigenvalue weighted by Gasteiger charge is 2.13. The van der Waals surface area contributed by atoms with E-state index in [0.29, 0.717) is 17.1 Å². The average Bonchev–Trinajstić information content (AvgIpc) is 2.68. The van der Waals surface area contributed by atoms with Crippen molar-refractivity contribution >= 4 is 23.2 Å². The van der Waals surface area contributed by atoms with Gasteiger partial charge < -0.3 is 10.6 Å². The molecule has 0 atom stereocenters. The van der Waals surface area contributed by atoms with Crippen LogP contribution in [0.15, 0.2) is 30.5 Å². The van der Waals surface area contributed by atoms with Crippen LogP contribution in [0.4, 0.5) is 11.4 Å². The third kappa shape index (κ3) is 3.23. The van der Waals surface area contributed by atoms with E-state index in [1.54, 1.807) is 42.2 Å². The summed E-state index contributed by atoms with van der Waals surface area (Å²) >= 11 is 0. The van der Waals surface area contributed by atoms with Gasteiger partial charge >= 0.3 is 0 Å². The van der Waals surface area contributed by atoms with Gasteiger partial charge in [-0.3, -0.25) is 14.3 Å². The van der Waals surface area contributed by atoms with Crippen LogP contribution in [-0.2, 0) is 11.8 Å². The van der Waals surface area contributed by atoms with Crippen LogP contribution in [0.25, 0.3) is 0 Å². The van der Waals surface area contributed by atoms with Gasteiger partial charge in [-0.2, -0.15) is 5.10 Å². The number of hydrogen-bond acceptors (Lipinski definition) is 3. The molecule has 0 fully saturated rings. The van der Waals surface area contributed by atoms with E-state index in [-0.39, 0.29) is 11.8 Å². The van der Waals surface area contributed by atoms with Crippen LogP contribution in [0, 0.1) is 6.92 Å². The average molecular weight is 272 g/mol. The molecule has 1 aromatic heterocycles. The van der Waals surface area contributed by atoms with Crippen molar-refractivity contribution in [2.24, 2.45) is 7.05 Å². The predicted octanol–water partition coefficient (Wildman–Crippen LogP) is 1.94. The Morgan fingerprint density at radius 1 is 1.20 bits per heavy atom. The maximum absolute atomic E-state index is 12.1. The van der Waals surface area contributed by atoms with Crippen LogP contribution in [0.5, 0.6) is 0 Å². The number of carbonyl (C=O) groups is 2. The molecule has 0 aliphatic heterocycles. The fourth-order valence-electron chi connectivity index (χ4n) is 1.90. The summed E-state index contributed by atoms with van der Waals surface area (Å²) < 4.78 is 1.60. The van der Waals surface area contributed by atoms with E-state index >= 15 is 0 Å². The molecule has 0 saturated carbocycles. The van der Waals surface area contributed by atoms with Crippen LogP contribution in [0.2, 0.25) is 0 Å². The quantitative estimate of drug-likeness (QED) is 0.896. The number of anilines is 2. The van der Waals surface area contributed by atoms with Crippen molar-refractivity contribution in [2.45, 2.75) is 13.8 Å². The van der Waals surface area contributed by atoms with Crippen LogP contribution in [-0.4, -0.2) is 21.6 Å². The molecule has 6 heteroatoms. The van der Waals surface area contributed by atoms with Gasteiger partial charge in [-0.25, -0.2) is 0 Å². The number of carbonyl (C=O) groups excluding carboxylic acids is 2. The SMILES string of the molecule is CC(=O)Nc1cccc(NC(=O)c2nn(C)cc2C)c1. The number of nitrogens with zero attached hydrogens (tertiary/aromatic N) is 2. The monoisotopic (exact) mass is 272 g/mol. The van der Waals surface area contributed by atoms with Gasteiger partial charge in [0.15, 0.2) is 5.69 Å². The highest BCUT2D eigenvalue weighted by Crippen LogP contribution is 2.16. The van der Waals surface area contributed by atoms with E-state index in [2.05, 4.69) is 15.7 Å². The molecule has 2 aromatic rings. The van der Waals surface area contributed by atoms with Gasteiger partial charge in [0.2, 0.25) is 5.91 Å². The minimum Gasteiger partial charge on any atom is -0.326 e. The molecule has 6 nitrogen and oxygen atoms in total. The lowest BCUT2D eigenvalue weighted by molar-refractivity contribution is -0.114. The van der Waals surface area contributed by atoms with E-state index in [4.69, 9.17) is 0 Å². The number of benzene rings is 1. The summed E-state index contributed by atoms with van der Waals surface area (Å²) in [5, 5.41) is 9.54. The second kappa shape index (κ2) is 5.56. The molecule has 1 aromatic carbocycles. The molecule has 2 amide bonds. The fraction of sp³-hybridized carbons (Fsp3) is 0.214. The lowest BCUT2D eigenvalue weighted by atomic mass is 10.2. The standard InChI is InChI=1S/C14H16N4O2/c1-9-8-18(3)17-13(9)14(20)16-12-6-4-5-11(7-12)15-10(2)19/h4-8H,1-3H3,(H,15,19)(H,16,20). The molecule has 2 N–H and O–H groups in total. The Morgan fingerprint density at radius 2 is 1.85 bits per heavy atom. The van der Waals surface area contributed by atoms with Crippen molar-refractivity contribution in [3.63, 3.8) is 0 Å². The molecular formula is C14H16N4O2. The zero-order valence-electron chi connectivity index (χ0n) is 11.6. The zero-order chi connectivity index (χ0) is 14.7. The second-order valence-electron chi connectivity index (χ2n) is 4.55. The third-order valence-corrected chi connectivity index (χ3v) is 2.67. The molecule has 0 aliphatic rings. The molecule has 20 heavy (non-hydrogen) atoms. The molecule has 0 saturated heterocycles. The van der Waals surface area contributed by atoms with Crippen molar-refractivity contribution < 1.29 is 9.59 Å². The Kier molecular flexibility index (Phi) is 3.84. The zero-order valence-corrected chi connectivity index (χ0v) is 11.6. The van der Waals surface area contributed by atoms with Gasteiger partial charge in [-0.05, 0) is 25.1 Å².